The zero-order valence-corrected chi connectivity index (χ0v) is 28.6. The second-order valence-electron chi connectivity index (χ2n) is 13.0. The Morgan fingerprint density at radius 3 is 1.31 bits per heavy atom. The molecule has 4 aromatic rings. The normalized spacial score (nSPS) is 19.7. The number of anilines is 2. The number of amides is 4. The maximum Gasteiger partial charge on any atom is 0.410 e. The molecule has 4 amide bonds. The average molecular weight is 703 g/mol. The van der Waals surface area contributed by atoms with Crippen LogP contribution in [-0.4, -0.2) is 71.1 Å². The van der Waals surface area contributed by atoms with Crippen LogP contribution in [0.5, 0.6) is 0 Å². The molecule has 6 rings (SSSR count). The van der Waals surface area contributed by atoms with Gasteiger partial charge >= 0.3 is 12.2 Å². The summed E-state index contributed by atoms with van der Waals surface area (Å²) in [5, 5.41) is 5.78. The molecule has 0 unspecified atom stereocenters. The maximum atomic E-state index is 13.2. The molecule has 2 aliphatic heterocycles. The summed E-state index contributed by atoms with van der Waals surface area (Å²) in [7, 11) is 0. The van der Waals surface area contributed by atoms with E-state index in [1.807, 2.05) is 97.1 Å². The fourth-order valence-electron chi connectivity index (χ4n) is 6.24. The SMILES string of the molecule is N[C@H]1C[C@@H](C(=O)Nc2ccc(/C=C/c3ccc(NC(=O)[C@@H]4C[C@H](N)CN4C(=O)OCc4ccccc4)cc3)cc2)N(C(=O)OCc2ccccc2)C1. The zero-order valence-electron chi connectivity index (χ0n) is 28.6. The number of hydrogen-bond donors (Lipinski definition) is 4. The van der Waals surface area contributed by atoms with Crippen molar-refractivity contribution >= 4 is 47.5 Å². The Morgan fingerprint density at radius 1 is 0.577 bits per heavy atom. The number of nitrogens with one attached hydrogen (secondary N) is 2. The summed E-state index contributed by atoms with van der Waals surface area (Å²) in [5.41, 5.74) is 16.9. The summed E-state index contributed by atoms with van der Waals surface area (Å²) in [6, 6.07) is 31.2. The predicted molar refractivity (Wildman–Crippen MR) is 198 cm³/mol. The number of likely N-dealkylation sites (tertiary alicyclic amines) is 2. The Hall–Kier alpha value is -5.98. The zero-order chi connectivity index (χ0) is 36.5. The summed E-state index contributed by atoms with van der Waals surface area (Å²) < 4.78 is 10.9. The van der Waals surface area contributed by atoms with Crippen LogP contribution < -0.4 is 22.1 Å². The van der Waals surface area contributed by atoms with Crippen molar-refractivity contribution in [3.63, 3.8) is 0 Å². The van der Waals surface area contributed by atoms with Crippen molar-refractivity contribution in [3.05, 3.63) is 131 Å². The van der Waals surface area contributed by atoms with E-state index < -0.39 is 24.3 Å². The van der Waals surface area contributed by atoms with Gasteiger partial charge in [0.05, 0.1) is 0 Å². The maximum absolute atomic E-state index is 13.2. The summed E-state index contributed by atoms with van der Waals surface area (Å²) in [5.74, 6) is -0.655. The van der Waals surface area contributed by atoms with E-state index in [9.17, 15) is 19.2 Å². The van der Waals surface area contributed by atoms with E-state index in [4.69, 9.17) is 20.9 Å². The molecule has 12 nitrogen and oxygen atoms in total. The molecule has 2 fully saturated rings. The van der Waals surface area contributed by atoms with Gasteiger partial charge in [-0.05, 0) is 59.4 Å². The molecule has 0 bridgehead atoms. The molecule has 0 saturated carbocycles. The number of rotatable bonds is 10. The van der Waals surface area contributed by atoms with Crippen molar-refractivity contribution in [1.29, 1.82) is 0 Å². The molecule has 12 heteroatoms. The molecule has 4 atom stereocenters. The highest BCUT2D eigenvalue weighted by Crippen LogP contribution is 2.23. The van der Waals surface area contributed by atoms with Crippen LogP contribution in [0.2, 0.25) is 0 Å². The van der Waals surface area contributed by atoms with Crippen LogP contribution in [0.25, 0.3) is 12.2 Å². The smallest absolute Gasteiger partial charge is 0.410 e. The summed E-state index contributed by atoms with van der Waals surface area (Å²) in [4.78, 5) is 54.7. The van der Waals surface area contributed by atoms with Crippen LogP contribution in [0.1, 0.15) is 35.1 Å². The molecular weight excluding hydrogens is 660 g/mol. The highest BCUT2D eigenvalue weighted by Gasteiger charge is 2.40. The van der Waals surface area contributed by atoms with Gasteiger partial charge in [0.25, 0.3) is 0 Å². The van der Waals surface area contributed by atoms with Gasteiger partial charge in [0.15, 0.2) is 0 Å². The fraction of sp³-hybridized carbons (Fsp3) is 0.250. The van der Waals surface area contributed by atoms with Crippen LogP contribution >= 0.6 is 0 Å². The lowest BCUT2D eigenvalue weighted by Crippen LogP contribution is -2.43. The minimum Gasteiger partial charge on any atom is -0.445 e. The van der Waals surface area contributed by atoms with E-state index in [1.165, 1.54) is 9.80 Å². The molecule has 0 radical (unpaired) electrons. The molecule has 2 aliphatic rings. The average Bonchev–Trinajstić information content (AvgIpc) is 3.77. The number of ether oxygens (including phenoxy) is 2. The van der Waals surface area contributed by atoms with Gasteiger partial charge in [0, 0.05) is 36.5 Å². The minimum absolute atomic E-state index is 0.111. The van der Waals surface area contributed by atoms with Crippen LogP contribution in [0.3, 0.4) is 0 Å². The predicted octanol–water partition coefficient (Wildman–Crippen LogP) is 5.21. The topological polar surface area (TPSA) is 169 Å². The second-order valence-corrected chi connectivity index (χ2v) is 13.0. The first-order valence-electron chi connectivity index (χ1n) is 17.2. The van der Waals surface area contributed by atoms with Crippen molar-refractivity contribution in [3.8, 4) is 0 Å². The van der Waals surface area contributed by atoms with E-state index >= 15 is 0 Å². The number of carbonyl (C=O) groups is 4. The first-order chi connectivity index (χ1) is 25.2. The van der Waals surface area contributed by atoms with Gasteiger partial charge in [-0.25, -0.2) is 9.59 Å². The van der Waals surface area contributed by atoms with E-state index in [-0.39, 0.29) is 50.2 Å². The van der Waals surface area contributed by atoms with Crippen molar-refractivity contribution < 1.29 is 28.7 Å². The molecule has 268 valence electrons. The molecule has 52 heavy (non-hydrogen) atoms. The second kappa shape index (κ2) is 16.8. The monoisotopic (exact) mass is 702 g/mol. The van der Waals surface area contributed by atoms with Crippen LogP contribution in [0.4, 0.5) is 21.0 Å². The Balaban J connectivity index is 0.981. The van der Waals surface area contributed by atoms with Crippen molar-refractivity contribution in [2.24, 2.45) is 11.5 Å². The van der Waals surface area contributed by atoms with Crippen LogP contribution in [0.15, 0.2) is 109 Å². The lowest BCUT2D eigenvalue weighted by molar-refractivity contribution is -0.120. The molecule has 0 aromatic heterocycles. The molecule has 2 heterocycles. The van der Waals surface area contributed by atoms with E-state index in [0.717, 1.165) is 22.3 Å². The van der Waals surface area contributed by atoms with E-state index in [1.54, 1.807) is 24.3 Å². The molecule has 4 aromatic carbocycles. The van der Waals surface area contributed by atoms with Gasteiger partial charge in [0.2, 0.25) is 11.8 Å². The third kappa shape index (κ3) is 9.42. The van der Waals surface area contributed by atoms with Gasteiger partial charge in [0.1, 0.15) is 25.3 Å². The van der Waals surface area contributed by atoms with Gasteiger partial charge < -0.3 is 31.6 Å². The summed E-state index contributed by atoms with van der Waals surface area (Å²) in [6.45, 7) is 0.699. The Kier molecular flexibility index (Phi) is 11.6. The highest BCUT2D eigenvalue weighted by molar-refractivity contribution is 5.98. The first kappa shape index (κ1) is 35.8. The lowest BCUT2D eigenvalue weighted by Gasteiger charge is -2.23. The van der Waals surface area contributed by atoms with Gasteiger partial charge in [-0.2, -0.15) is 0 Å². The van der Waals surface area contributed by atoms with E-state index in [2.05, 4.69) is 10.6 Å². The third-order valence-electron chi connectivity index (χ3n) is 8.98. The summed E-state index contributed by atoms with van der Waals surface area (Å²) in [6.07, 6.45) is 3.39. The fourth-order valence-corrected chi connectivity index (χ4v) is 6.24. The number of benzene rings is 4. The van der Waals surface area contributed by atoms with Crippen molar-refractivity contribution in [1.82, 2.24) is 9.80 Å². The minimum atomic E-state index is -0.735. The number of nitrogens with zero attached hydrogens (tertiary/aromatic N) is 2. The van der Waals surface area contributed by atoms with Crippen molar-refractivity contribution in [2.75, 3.05) is 23.7 Å². The van der Waals surface area contributed by atoms with Gasteiger partial charge in [-0.15, -0.1) is 0 Å². The Labute approximate surface area is 302 Å². The van der Waals surface area contributed by atoms with E-state index in [0.29, 0.717) is 24.2 Å². The molecule has 0 aliphatic carbocycles. The largest absolute Gasteiger partial charge is 0.445 e. The van der Waals surface area contributed by atoms with Gasteiger partial charge in [-0.3, -0.25) is 19.4 Å². The molecule has 0 spiro atoms. The van der Waals surface area contributed by atoms with Gasteiger partial charge in [-0.1, -0.05) is 97.1 Å². The van der Waals surface area contributed by atoms with Crippen molar-refractivity contribution in [2.45, 2.75) is 50.2 Å². The quantitative estimate of drug-likeness (QED) is 0.163. The summed E-state index contributed by atoms with van der Waals surface area (Å²) >= 11 is 0. The standard InChI is InChI=1S/C40H42N6O6/c41-31-21-35(45(23-31)39(49)51-25-29-7-3-1-4-8-29)37(47)43-33-17-13-27(14-18-33)11-12-28-15-19-34(20-16-28)44-38(48)36-22-32(42)24-46(36)40(50)52-26-30-9-5-2-6-10-30/h1-20,31-32,35-36H,21-26,41-42H2,(H,43,47)(H,44,48)/b12-11+/t31-,32-,35-,36-/m0/s1. The Bertz CT molecular complexity index is 1730. The van der Waals surface area contributed by atoms with Crippen LogP contribution in [0, 0.1) is 0 Å². The lowest BCUT2D eigenvalue weighted by atomic mass is 10.1. The molecule has 6 N–H and O–H groups in total. The first-order valence-corrected chi connectivity index (χ1v) is 17.2. The number of nitrogens with two attached hydrogens (primary N) is 2. The Morgan fingerprint density at radius 2 is 0.942 bits per heavy atom. The number of hydrogen-bond acceptors (Lipinski definition) is 8. The molecule has 2 saturated heterocycles. The van der Waals surface area contributed by atoms with Crippen LogP contribution in [-0.2, 0) is 32.3 Å². The molecular formula is C40H42N6O6. The third-order valence-corrected chi connectivity index (χ3v) is 8.98. The number of carbonyl (C=O) groups excluding carboxylic acids is 4. The highest BCUT2D eigenvalue weighted by atomic mass is 16.6.